The number of hydrogen-bond acceptors (Lipinski definition) is 2. The Kier molecular flexibility index (Phi) is 3.37. The summed E-state index contributed by atoms with van der Waals surface area (Å²) in [7, 11) is 0. The van der Waals surface area contributed by atoms with E-state index < -0.39 is 5.97 Å². The van der Waals surface area contributed by atoms with Crippen LogP contribution in [0.3, 0.4) is 0 Å². The molecule has 0 aromatic heterocycles. The van der Waals surface area contributed by atoms with Gasteiger partial charge >= 0.3 is 5.97 Å². The molecule has 1 aliphatic carbocycles. The van der Waals surface area contributed by atoms with Gasteiger partial charge in [-0.3, -0.25) is 4.79 Å². The molecule has 0 aliphatic heterocycles. The van der Waals surface area contributed by atoms with Crippen molar-refractivity contribution in [1.82, 2.24) is 0 Å². The Morgan fingerprint density at radius 3 is 2.67 bits per heavy atom. The molecule has 1 atom stereocenters. The van der Waals surface area contributed by atoms with Crippen LogP contribution in [0.4, 0.5) is 0 Å². The Bertz CT molecular complexity index is 381. The Hall–Kier alpha value is -1.06. The van der Waals surface area contributed by atoms with E-state index in [1.807, 2.05) is 24.3 Å². The van der Waals surface area contributed by atoms with Gasteiger partial charge in [-0.15, -0.1) is 12.4 Å². The van der Waals surface area contributed by atoms with Crippen molar-refractivity contribution in [2.45, 2.75) is 18.3 Å². The highest BCUT2D eigenvalue weighted by atomic mass is 35.5. The number of nitrogens with two attached hydrogens (primary N) is 1. The number of carbonyl (C=O) groups is 1. The van der Waals surface area contributed by atoms with E-state index in [0.717, 1.165) is 12.0 Å². The van der Waals surface area contributed by atoms with Crippen LogP contribution in [-0.4, -0.2) is 17.6 Å². The molecule has 1 aromatic carbocycles. The maximum Gasteiger partial charge on any atom is 0.304 e. The van der Waals surface area contributed by atoms with Gasteiger partial charge in [0.15, 0.2) is 0 Å². The van der Waals surface area contributed by atoms with Crippen molar-refractivity contribution in [3.63, 3.8) is 0 Å². The maximum absolute atomic E-state index is 10.7. The Morgan fingerprint density at radius 1 is 1.47 bits per heavy atom. The Morgan fingerprint density at radius 2 is 2.13 bits per heavy atom. The van der Waals surface area contributed by atoms with Crippen molar-refractivity contribution in [3.8, 4) is 0 Å². The second kappa shape index (κ2) is 4.21. The van der Waals surface area contributed by atoms with Crippen molar-refractivity contribution in [1.29, 1.82) is 0 Å². The van der Waals surface area contributed by atoms with E-state index in [9.17, 15) is 4.79 Å². The van der Waals surface area contributed by atoms with Gasteiger partial charge < -0.3 is 10.8 Å². The predicted molar refractivity (Wildman–Crippen MR) is 60.4 cm³/mol. The van der Waals surface area contributed by atoms with E-state index in [4.69, 9.17) is 10.8 Å². The molecule has 2 rings (SSSR count). The number of carboxylic acids is 1. The summed E-state index contributed by atoms with van der Waals surface area (Å²) in [5.74, 6) is -0.773. The van der Waals surface area contributed by atoms with Gasteiger partial charge in [-0.1, -0.05) is 24.3 Å². The van der Waals surface area contributed by atoms with Gasteiger partial charge in [0.05, 0.1) is 6.42 Å². The number of aliphatic carboxylic acids is 1. The summed E-state index contributed by atoms with van der Waals surface area (Å²) in [5.41, 5.74) is 7.72. The molecule has 1 aromatic rings. The van der Waals surface area contributed by atoms with Crippen LogP contribution in [0.1, 0.15) is 17.5 Å². The van der Waals surface area contributed by atoms with Crippen LogP contribution in [0.2, 0.25) is 0 Å². The molecule has 0 radical (unpaired) electrons. The van der Waals surface area contributed by atoms with Gasteiger partial charge in [-0.05, 0) is 17.5 Å². The van der Waals surface area contributed by atoms with Crippen LogP contribution >= 0.6 is 12.4 Å². The van der Waals surface area contributed by atoms with Crippen LogP contribution in [0.25, 0.3) is 0 Å². The lowest BCUT2D eigenvalue weighted by Crippen LogP contribution is -2.46. The summed E-state index contributed by atoms with van der Waals surface area (Å²) in [5, 5.41) is 8.82. The van der Waals surface area contributed by atoms with Crippen LogP contribution in [0.5, 0.6) is 0 Å². The standard InChI is InChI=1S/C11H13NO2.ClH/c12-7-11(6-10(13)14)5-8-3-1-2-4-9(8)11;/h1-4H,5-7,12H2,(H,13,14);1H. The second-order valence-corrected chi connectivity index (χ2v) is 3.89. The monoisotopic (exact) mass is 227 g/mol. The lowest BCUT2D eigenvalue weighted by atomic mass is 9.62. The highest BCUT2D eigenvalue weighted by Crippen LogP contribution is 2.42. The van der Waals surface area contributed by atoms with Crippen LogP contribution in [0, 0.1) is 0 Å². The summed E-state index contributed by atoms with van der Waals surface area (Å²) in [6.07, 6.45) is 0.937. The van der Waals surface area contributed by atoms with E-state index in [1.54, 1.807) is 0 Å². The van der Waals surface area contributed by atoms with Crippen LogP contribution in [0.15, 0.2) is 24.3 Å². The first-order chi connectivity index (χ1) is 6.68. The topological polar surface area (TPSA) is 63.3 Å². The van der Waals surface area contributed by atoms with E-state index in [2.05, 4.69) is 0 Å². The summed E-state index contributed by atoms with van der Waals surface area (Å²) < 4.78 is 0. The predicted octanol–water partition coefficient (Wildman–Crippen LogP) is 1.34. The third kappa shape index (κ3) is 1.85. The molecular formula is C11H14ClNO2. The van der Waals surface area contributed by atoms with Crippen LogP contribution < -0.4 is 5.73 Å². The molecule has 1 aliphatic rings. The average Bonchev–Trinajstić information content (AvgIpc) is 2.13. The smallest absolute Gasteiger partial charge is 0.304 e. The average molecular weight is 228 g/mol. The summed E-state index contributed by atoms with van der Waals surface area (Å²) in [6.45, 7) is 0.413. The lowest BCUT2D eigenvalue weighted by molar-refractivity contribution is -0.138. The van der Waals surface area contributed by atoms with E-state index >= 15 is 0 Å². The minimum absolute atomic E-state index is 0. The fraction of sp³-hybridized carbons (Fsp3) is 0.364. The number of carboxylic acid groups (broad SMARTS) is 1. The molecule has 0 amide bonds. The highest BCUT2D eigenvalue weighted by molar-refractivity contribution is 5.85. The molecule has 82 valence electrons. The molecular weight excluding hydrogens is 214 g/mol. The Balaban J connectivity index is 0.00000112. The van der Waals surface area contributed by atoms with Crippen molar-refractivity contribution < 1.29 is 9.90 Å². The first-order valence-electron chi connectivity index (χ1n) is 4.68. The molecule has 4 heteroatoms. The fourth-order valence-electron chi connectivity index (χ4n) is 2.25. The zero-order chi connectivity index (χ0) is 10.2. The molecule has 1 unspecified atom stereocenters. The van der Waals surface area contributed by atoms with Crippen LogP contribution in [-0.2, 0) is 16.6 Å². The van der Waals surface area contributed by atoms with Gasteiger partial charge in [0.2, 0.25) is 0 Å². The van der Waals surface area contributed by atoms with Gasteiger partial charge in [-0.2, -0.15) is 0 Å². The van der Waals surface area contributed by atoms with Crippen molar-refractivity contribution >= 4 is 18.4 Å². The third-order valence-electron chi connectivity index (χ3n) is 3.00. The number of rotatable bonds is 3. The summed E-state index contributed by atoms with van der Waals surface area (Å²) >= 11 is 0. The summed E-state index contributed by atoms with van der Waals surface area (Å²) in [6, 6.07) is 7.92. The first-order valence-corrected chi connectivity index (χ1v) is 4.68. The van der Waals surface area contributed by atoms with Gasteiger partial charge in [0.25, 0.3) is 0 Å². The lowest BCUT2D eigenvalue weighted by Gasteiger charge is -2.42. The minimum Gasteiger partial charge on any atom is -0.481 e. The highest BCUT2D eigenvalue weighted by Gasteiger charge is 2.42. The third-order valence-corrected chi connectivity index (χ3v) is 3.00. The van der Waals surface area contributed by atoms with Crippen molar-refractivity contribution in [2.75, 3.05) is 6.54 Å². The van der Waals surface area contributed by atoms with E-state index in [0.29, 0.717) is 6.54 Å². The molecule has 3 N–H and O–H groups in total. The largest absolute Gasteiger partial charge is 0.481 e. The molecule has 3 nitrogen and oxygen atoms in total. The fourth-order valence-corrected chi connectivity index (χ4v) is 2.25. The van der Waals surface area contributed by atoms with Crippen molar-refractivity contribution in [3.05, 3.63) is 35.4 Å². The van der Waals surface area contributed by atoms with E-state index in [1.165, 1.54) is 5.56 Å². The van der Waals surface area contributed by atoms with Crippen molar-refractivity contribution in [2.24, 2.45) is 5.73 Å². The first kappa shape index (κ1) is 12.0. The number of hydrogen-bond donors (Lipinski definition) is 2. The zero-order valence-corrected chi connectivity index (χ0v) is 9.09. The maximum atomic E-state index is 10.7. The number of halogens is 1. The number of fused-ring (bicyclic) bond motifs is 1. The SMILES string of the molecule is Cl.NCC1(CC(=O)O)Cc2ccccc21. The molecule has 0 saturated carbocycles. The number of benzene rings is 1. The molecule has 0 heterocycles. The van der Waals surface area contributed by atoms with Gasteiger partial charge in [-0.25, -0.2) is 0 Å². The molecule has 0 bridgehead atoms. The normalized spacial score (nSPS) is 22.2. The summed E-state index contributed by atoms with van der Waals surface area (Å²) in [4.78, 5) is 10.7. The van der Waals surface area contributed by atoms with Gasteiger partial charge in [0.1, 0.15) is 0 Å². The molecule has 0 saturated heterocycles. The second-order valence-electron chi connectivity index (χ2n) is 3.89. The molecule has 0 spiro atoms. The Labute approximate surface area is 94.7 Å². The minimum atomic E-state index is -0.773. The van der Waals surface area contributed by atoms with Gasteiger partial charge in [0, 0.05) is 12.0 Å². The quantitative estimate of drug-likeness (QED) is 0.819. The van der Waals surface area contributed by atoms with E-state index in [-0.39, 0.29) is 24.2 Å². The zero-order valence-electron chi connectivity index (χ0n) is 8.27. The molecule has 0 fully saturated rings. The molecule has 15 heavy (non-hydrogen) atoms.